The Kier molecular flexibility index (Phi) is 4.11. The van der Waals surface area contributed by atoms with E-state index >= 15 is 0 Å². The van der Waals surface area contributed by atoms with Crippen LogP contribution in [0.2, 0.25) is 0 Å². The first-order chi connectivity index (χ1) is 8.30. The lowest BCUT2D eigenvalue weighted by Crippen LogP contribution is -2.13. The fourth-order valence-corrected chi connectivity index (χ4v) is 2.55. The molecule has 0 fully saturated rings. The zero-order valence-electron chi connectivity index (χ0n) is 10.6. The number of hydrogen-bond acceptors (Lipinski definition) is 2. The predicted octanol–water partition coefficient (Wildman–Crippen LogP) is 3.55. The van der Waals surface area contributed by atoms with Gasteiger partial charge in [-0.15, -0.1) is 0 Å². The molecule has 92 valence electrons. The SMILES string of the molecule is CCc1nc2ccccc2n1CC(CC)CS. The third kappa shape index (κ3) is 2.49. The van der Waals surface area contributed by atoms with Crippen LogP contribution in [0.1, 0.15) is 26.1 Å². The van der Waals surface area contributed by atoms with Gasteiger partial charge < -0.3 is 4.57 Å². The number of thiol groups is 1. The summed E-state index contributed by atoms with van der Waals surface area (Å²) in [4.78, 5) is 4.69. The van der Waals surface area contributed by atoms with E-state index in [1.165, 1.54) is 17.8 Å². The van der Waals surface area contributed by atoms with Gasteiger partial charge in [-0.1, -0.05) is 32.4 Å². The zero-order valence-corrected chi connectivity index (χ0v) is 11.5. The lowest BCUT2D eigenvalue weighted by atomic mass is 10.1. The molecule has 0 N–H and O–H groups in total. The van der Waals surface area contributed by atoms with Crippen LogP contribution < -0.4 is 0 Å². The van der Waals surface area contributed by atoms with Crippen LogP contribution in [-0.2, 0) is 13.0 Å². The van der Waals surface area contributed by atoms with E-state index in [0.717, 1.165) is 24.2 Å². The second-order valence-electron chi connectivity index (χ2n) is 4.44. The topological polar surface area (TPSA) is 17.8 Å². The van der Waals surface area contributed by atoms with E-state index in [1.807, 2.05) is 0 Å². The number of benzene rings is 1. The summed E-state index contributed by atoms with van der Waals surface area (Å²) in [6.45, 7) is 5.43. The van der Waals surface area contributed by atoms with Gasteiger partial charge in [0.1, 0.15) is 5.82 Å². The molecule has 1 atom stereocenters. The van der Waals surface area contributed by atoms with Gasteiger partial charge in [-0.3, -0.25) is 0 Å². The molecule has 2 nitrogen and oxygen atoms in total. The maximum Gasteiger partial charge on any atom is 0.109 e. The monoisotopic (exact) mass is 248 g/mol. The number of nitrogens with zero attached hydrogens (tertiary/aromatic N) is 2. The predicted molar refractivity (Wildman–Crippen MR) is 76.7 cm³/mol. The molecule has 1 aromatic heterocycles. The van der Waals surface area contributed by atoms with Crippen molar-refractivity contribution in [1.29, 1.82) is 0 Å². The van der Waals surface area contributed by atoms with E-state index in [4.69, 9.17) is 4.98 Å². The minimum atomic E-state index is 0.626. The van der Waals surface area contributed by atoms with E-state index in [2.05, 4.69) is 55.3 Å². The minimum Gasteiger partial charge on any atom is -0.328 e. The third-order valence-corrected chi connectivity index (χ3v) is 3.84. The van der Waals surface area contributed by atoms with Crippen LogP contribution in [0.3, 0.4) is 0 Å². The average molecular weight is 248 g/mol. The number of fused-ring (bicyclic) bond motifs is 1. The zero-order chi connectivity index (χ0) is 12.3. The van der Waals surface area contributed by atoms with Gasteiger partial charge in [-0.25, -0.2) is 4.98 Å². The number of rotatable bonds is 5. The van der Waals surface area contributed by atoms with Crippen molar-refractivity contribution >= 4 is 23.7 Å². The number of para-hydroxylation sites is 2. The summed E-state index contributed by atoms with van der Waals surface area (Å²) >= 11 is 4.43. The summed E-state index contributed by atoms with van der Waals surface area (Å²) in [7, 11) is 0. The van der Waals surface area contributed by atoms with Crippen molar-refractivity contribution in [3.05, 3.63) is 30.1 Å². The fourth-order valence-electron chi connectivity index (χ4n) is 2.17. The first-order valence-corrected chi connectivity index (χ1v) is 6.98. The molecule has 0 saturated carbocycles. The molecule has 0 spiro atoms. The van der Waals surface area contributed by atoms with Crippen LogP contribution in [-0.4, -0.2) is 15.3 Å². The van der Waals surface area contributed by atoms with Gasteiger partial charge >= 0.3 is 0 Å². The third-order valence-electron chi connectivity index (χ3n) is 3.33. The molecule has 1 aromatic carbocycles. The highest BCUT2D eigenvalue weighted by atomic mass is 32.1. The van der Waals surface area contributed by atoms with Gasteiger partial charge in [0.15, 0.2) is 0 Å². The van der Waals surface area contributed by atoms with E-state index in [0.29, 0.717) is 5.92 Å². The average Bonchev–Trinajstić information content (AvgIpc) is 2.73. The van der Waals surface area contributed by atoms with Crippen molar-refractivity contribution < 1.29 is 0 Å². The molecule has 0 radical (unpaired) electrons. The lowest BCUT2D eigenvalue weighted by molar-refractivity contribution is 0.474. The second kappa shape index (κ2) is 5.58. The molecule has 0 aliphatic carbocycles. The molecule has 1 unspecified atom stereocenters. The summed E-state index contributed by atoms with van der Waals surface area (Å²) < 4.78 is 2.36. The highest BCUT2D eigenvalue weighted by Crippen LogP contribution is 2.19. The first kappa shape index (κ1) is 12.5. The first-order valence-electron chi connectivity index (χ1n) is 6.35. The van der Waals surface area contributed by atoms with Crippen molar-refractivity contribution in [1.82, 2.24) is 9.55 Å². The van der Waals surface area contributed by atoms with Crippen molar-refractivity contribution in [2.75, 3.05) is 5.75 Å². The molecule has 0 saturated heterocycles. The van der Waals surface area contributed by atoms with E-state index in [-0.39, 0.29) is 0 Å². The van der Waals surface area contributed by atoms with Crippen LogP contribution in [0.25, 0.3) is 11.0 Å². The van der Waals surface area contributed by atoms with Crippen LogP contribution in [0.5, 0.6) is 0 Å². The Labute approximate surface area is 108 Å². The molecule has 3 heteroatoms. The molecule has 0 aliphatic heterocycles. The summed E-state index contributed by atoms with van der Waals surface area (Å²) in [6, 6.07) is 8.38. The molecular formula is C14H20N2S. The minimum absolute atomic E-state index is 0.626. The lowest BCUT2D eigenvalue weighted by Gasteiger charge is -2.15. The van der Waals surface area contributed by atoms with Crippen molar-refractivity contribution in [3.8, 4) is 0 Å². The molecule has 2 rings (SSSR count). The van der Waals surface area contributed by atoms with Crippen molar-refractivity contribution in [3.63, 3.8) is 0 Å². The van der Waals surface area contributed by atoms with Crippen LogP contribution in [0.4, 0.5) is 0 Å². The van der Waals surface area contributed by atoms with E-state index < -0.39 is 0 Å². The largest absolute Gasteiger partial charge is 0.328 e. The molecule has 0 bridgehead atoms. The van der Waals surface area contributed by atoms with E-state index in [9.17, 15) is 0 Å². The van der Waals surface area contributed by atoms with Gasteiger partial charge in [-0.2, -0.15) is 12.6 Å². The maximum atomic E-state index is 4.69. The Morgan fingerprint density at radius 2 is 2.06 bits per heavy atom. The fraction of sp³-hybridized carbons (Fsp3) is 0.500. The van der Waals surface area contributed by atoms with Gasteiger partial charge in [0.2, 0.25) is 0 Å². The Hall–Kier alpha value is -0.960. The molecule has 0 aliphatic rings. The smallest absolute Gasteiger partial charge is 0.109 e. The maximum absolute atomic E-state index is 4.69. The Bertz CT molecular complexity index is 486. The number of aryl methyl sites for hydroxylation is 1. The Morgan fingerprint density at radius 3 is 2.71 bits per heavy atom. The van der Waals surface area contributed by atoms with Crippen molar-refractivity contribution in [2.24, 2.45) is 5.92 Å². The molecule has 0 amide bonds. The van der Waals surface area contributed by atoms with Crippen LogP contribution in [0.15, 0.2) is 24.3 Å². The number of imidazole rings is 1. The summed E-state index contributed by atoms with van der Waals surface area (Å²) in [6.07, 6.45) is 2.15. The highest BCUT2D eigenvalue weighted by Gasteiger charge is 2.12. The standard InChI is InChI=1S/C14H20N2S/c1-3-11(10-17)9-16-13-8-6-5-7-12(13)15-14(16)4-2/h5-8,11,17H,3-4,9-10H2,1-2H3. The van der Waals surface area contributed by atoms with Gasteiger partial charge in [0.05, 0.1) is 11.0 Å². The second-order valence-corrected chi connectivity index (χ2v) is 4.80. The van der Waals surface area contributed by atoms with Crippen LogP contribution in [0, 0.1) is 5.92 Å². The van der Waals surface area contributed by atoms with Gasteiger partial charge in [0.25, 0.3) is 0 Å². The van der Waals surface area contributed by atoms with Gasteiger partial charge in [0, 0.05) is 13.0 Å². The summed E-state index contributed by atoms with van der Waals surface area (Å²) in [5, 5.41) is 0. The number of hydrogen-bond donors (Lipinski definition) is 1. The van der Waals surface area contributed by atoms with Gasteiger partial charge in [-0.05, 0) is 23.8 Å². The molecule has 2 aromatic rings. The Morgan fingerprint density at radius 1 is 1.29 bits per heavy atom. The molecule has 1 heterocycles. The Balaban J connectivity index is 2.42. The highest BCUT2D eigenvalue weighted by molar-refractivity contribution is 7.80. The molecular weight excluding hydrogens is 228 g/mol. The number of aromatic nitrogens is 2. The van der Waals surface area contributed by atoms with E-state index in [1.54, 1.807) is 0 Å². The molecule has 17 heavy (non-hydrogen) atoms. The van der Waals surface area contributed by atoms with Crippen LogP contribution >= 0.6 is 12.6 Å². The van der Waals surface area contributed by atoms with Crippen molar-refractivity contribution in [2.45, 2.75) is 33.2 Å². The normalized spacial score (nSPS) is 13.1. The quantitative estimate of drug-likeness (QED) is 0.801. The summed E-state index contributed by atoms with van der Waals surface area (Å²) in [5.41, 5.74) is 2.36. The summed E-state index contributed by atoms with van der Waals surface area (Å²) in [5.74, 6) is 2.75.